The monoisotopic (exact) mass is 250 g/mol. The molecule has 1 aromatic rings. The predicted octanol–water partition coefficient (Wildman–Crippen LogP) is -0.185. The van der Waals surface area contributed by atoms with E-state index >= 15 is 0 Å². The maximum atomic E-state index is 11.0. The van der Waals surface area contributed by atoms with Gasteiger partial charge in [-0.05, 0) is 6.42 Å². The molecule has 0 spiro atoms. The van der Waals surface area contributed by atoms with Crippen molar-refractivity contribution >= 4 is 23.5 Å². The number of hydrogen-bond acceptors (Lipinski definition) is 6. The lowest BCUT2D eigenvalue weighted by atomic mass is 10.3. The van der Waals surface area contributed by atoms with Crippen LogP contribution in [-0.4, -0.2) is 42.1 Å². The Labute approximate surface area is 106 Å². The highest BCUT2D eigenvalue weighted by molar-refractivity contribution is 5.73. The molecule has 7 heteroatoms. The van der Waals surface area contributed by atoms with Crippen LogP contribution in [0.25, 0.3) is 0 Å². The maximum Gasteiger partial charge on any atom is 0.223 e. The molecule has 18 heavy (non-hydrogen) atoms. The lowest BCUT2D eigenvalue weighted by Crippen LogP contribution is -2.35. The zero-order valence-corrected chi connectivity index (χ0v) is 10.6. The molecule has 4 N–H and O–H groups in total. The van der Waals surface area contributed by atoms with Crippen molar-refractivity contribution in [3.63, 3.8) is 0 Å². The highest BCUT2D eigenvalue weighted by atomic mass is 16.1. The lowest BCUT2D eigenvalue weighted by molar-refractivity contribution is -0.119. The van der Waals surface area contributed by atoms with Gasteiger partial charge in [-0.1, -0.05) is 0 Å². The van der Waals surface area contributed by atoms with Crippen molar-refractivity contribution < 1.29 is 4.79 Å². The Hall–Kier alpha value is -2.05. The smallest absolute Gasteiger partial charge is 0.223 e. The number of nitrogens with two attached hydrogens (primary N) is 1. The summed E-state index contributed by atoms with van der Waals surface area (Å²) in [5.74, 6) is 1.74. The summed E-state index contributed by atoms with van der Waals surface area (Å²) in [5, 5.41) is 5.86. The minimum Gasteiger partial charge on any atom is -0.373 e. The number of hydrogen-bond donors (Lipinski definition) is 3. The fourth-order valence-corrected chi connectivity index (χ4v) is 2.12. The first kappa shape index (κ1) is 12.4. The number of amides is 1. The summed E-state index contributed by atoms with van der Waals surface area (Å²) in [4.78, 5) is 21.4. The Balaban J connectivity index is 2.09. The van der Waals surface area contributed by atoms with E-state index in [-0.39, 0.29) is 17.9 Å². The quantitative estimate of drug-likeness (QED) is 0.688. The van der Waals surface area contributed by atoms with Crippen LogP contribution in [-0.2, 0) is 4.79 Å². The van der Waals surface area contributed by atoms with Gasteiger partial charge in [0.25, 0.3) is 0 Å². The first-order valence-electron chi connectivity index (χ1n) is 5.93. The molecule has 1 aliphatic heterocycles. The molecule has 0 bridgehead atoms. The van der Waals surface area contributed by atoms with E-state index in [1.54, 1.807) is 7.05 Å². The van der Waals surface area contributed by atoms with E-state index in [9.17, 15) is 4.79 Å². The summed E-state index contributed by atoms with van der Waals surface area (Å²) in [6, 6.07) is 2.03. The highest BCUT2D eigenvalue weighted by Crippen LogP contribution is 2.21. The molecule has 1 saturated heterocycles. The molecule has 0 aliphatic carbocycles. The maximum absolute atomic E-state index is 11.0. The van der Waals surface area contributed by atoms with Crippen LogP contribution in [0.1, 0.15) is 13.3 Å². The van der Waals surface area contributed by atoms with Gasteiger partial charge in [-0.2, -0.15) is 9.97 Å². The Morgan fingerprint density at radius 2 is 2.33 bits per heavy atom. The van der Waals surface area contributed by atoms with E-state index < -0.39 is 0 Å². The van der Waals surface area contributed by atoms with Crippen molar-refractivity contribution in [2.45, 2.75) is 19.4 Å². The van der Waals surface area contributed by atoms with Crippen molar-refractivity contribution in [3.8, 4) is 0 Å². The largest absolute Gasteiger partial charge is 0.373 e. The average molecular weight is 250 g/mol. The van der Waals surface area contributed by atoms with Gasteiger partial charge < -0.3 is 21.3 Å². The van der Waals surface area contributed by atoms with Crippen molar-refractivity contribution in [1.82, 2.24) is 15.3 Å². The molecule has 1 fully saturated rings. The van der Waals surface area contributed by atoms with E-state index in [1.165, 1.54) is 6.92 Å². The summed E-state index contributed by atoms with van der Waals surface area (Å²) < 4.78 is 0. The lowest BCUT2D eigenvalue weighted by Gasteiger charge is -2.18. The first-order chi connectivity index (χ1) is 8.58. The van der Waals surface area contributed by atoms with Crippen LogP contribution in [0.3, 0.4) is 0 Å². The van der Waals surface area contributed by atoms with Crippen molar-refractivity contribution in [1.29, 1.82) is 0 Å². The minimum atomic E-state index is -0.0000321. The SMILES string of the molecule is CNc1cc(N2CCC(NC(C)=O)C2)nc(N)n1. The summed E-state index contributed by atoms with van der Waals surface area (Å²) in [6.45, 7) is 3.13. The number of nitrogens with zero attached hydrogens (tertiary/aromatic N) is 3. The highest BCUT2D eigenvalue weighted by Gasteiger charge is 2.24. The van der Waals surface area contributed by atoms with Crippen LogP contribution < -0.4 is 21.3 Å². The third-order valence-electron chi connectivity index (χ3n) is 2.91. The topological polar surface area (TPSA) is 96.2 Å². The first-order valence-corrected chi connectivity index (χ1v) is 5.93. The van der Waals surface area contributed by atoms with E-state index in [1.807, 2.05) is 6.07 Å². The fourth-order valence-electron chi connectivity index (χ4n) is 2.12. The Bertz CT molecular complexity index is 449. The van der Waals surface area contributed by atoms with E-state index in [4.69, 9.17) is 5.73 Å². The van der Waals surface area contributed by atoms with Gasteiger partial charge in [0, 0.05) is 39.2 Å². The number of carbonyl (C=O) groups excluding carboxylic acids is 1. The molecule has 0 aromatic carbocycles. The van der Waals surface area contributed by atoms with E-state index in [0.29, 0.717) is 5.82 Å². The summed E-state index contributed by atoms with van der Waals surface area (Å²) in [6.07, 6.45) is 0.915. The van der Waals surface area contributed by atoms with Gasteiger partial charge >= 0.3 is 0 Å². The molecule has 1 aromatic heterocycles. The van der Waals surface area contributed by atoms with Gasteiger partial charge in [0.05, 0.1) is 0 Å². The molecular formula is C11H18N6O. The van der Waals surface area contributed by atoms with E-state index in [2.05, 4.69) is 25.5 Å². The zero-order valence-electron chi connectivity index (χ0n) is 10.6. The molecule has 2 rings (SSSR count). The molecule has 1 unspecified atom stereocenters. The Morgan fingerprint density at radius 3 is 3.00 bits per heavy atom. The van der Waals surface area contributed by atoms with Gasteiger partial charge in [-0.25, -0.2) is 0 Å². The molecular weight excluding hydrogens is 232 g/mol. The van der Waals surface area contributed by atoms with Gasteiger partial charge in [-0.15, -0.1) is 0 Å². The number of nitrogen functional groups attached to an aromatic ring is 1. The second-order valence-corrected chi connectivity index (χ2v) is 4.35. The number of aromatic nitrogens is 2. The van der Waals surface area contributed by atoms with Gasteiger partial charge in [0.2, 0.25) is 11.9 Å². The molecule has 1 amide bonds. The molecule has 1 atom stereocenters. The second-order valence-electron chi connectivity index (χ2n) is 4.35. The molecule has 1 aliphatic rings. The summed E-state index contributed by atoms with van der Waals surface area (Å²) in [7, 11) is 1.79. The van der Waals surface area contributed by atoms with Crippen LogP contribution in [0.4, 0.5) is 17.6 Å². The normalized spacial score (nSPS) is 18.8. The minimum absolute atomic E-state index is 0.0000321. The van der Waals surface area contributed by atoms with Gasteiger partial charge in [0.15, 0.2) is 0 Å². The Kier molecular flexibility index (Phi) is 3.50. The molecule has 2 heterocycles. The number of anilines is 3. The zero-order chi connectivity index (χ0) is 13.1. The number of carbonyl (C=O) groups is 1. The predicted molar refractivity (Wildman–Crippen MR) is 70.4 cm³/mol. The summed E-state index contributed by atoms with van der Waals surface area (Å²) in [5.41, 5.74) is 5.66. The molecule has 0 radical (unpaired) electrons. The van der Waals surface area contributed by atoms with Crippen LogP contribution in [0, 0.1) is 0 Å². The van der Waals surface area contributed by atoms with Crippen LogP contribution in [0.5, 0.6) is 0 Å². The molecule has 7 nitrogen and oxygen atoms in total. The number of rotatable bonds is 3. The van der Waals surface area contributed by atoms with E-state index in [0.717, 1.165) is 25.3 Å². The third-order valence-corrected chi connectivity index (χ3v) is 2.91. The van der Waals surface area contributed by atoms with Crippen molar-refractivity contribution in [2.75, 3.05) is 36.1 Å². The Morgan fingerprint density at radius 1 is 1.56 bits per heavy atom. The van der Waals surface area contributed by atoms with Crippen LogP contribution >= 0.6 is 0 Å². The van der Waals surface area contributed by atoms with Crippen molar-refractivity contribution in [3.05, 3.63) is 6.07 Å². The standard InChI is InChI=1S/C11H18N6O/c1-7(18)14-8-3-4-17(6-8)10-5-9(13-2)15-11(12)16-10/h5,8H,3-4,6H2,1-2H3,(H,14,18)(H3,12,13,15,16). The van der Waals surface area contributed by atoms with Crippen LogP contribution in [0.2, 0.25) is 0 Å². The van der Waals surface area contributed by atoms with Gasteiger partial charge in [-0.3, -0.25) is 4.79 Å². The summed E-state index contributed by atoms with van der Waals surface area (Å²) >= 11 is 0. The van der Waals surface area contributed by atoms with Crippen LogP contribution in [0.15, 0.2) is 6.07 Å². The van der Waals surface area contributed by atoms with Crippen molar-refractivity contribution in [2.24, 2.45) is 0 Å². The van der Waals surface area contributed by atoms with Gasteiger partial charge in [0.1, 0.15) is 11.6 Å². The molecule has 0 saturated carbocycles. The molecule has 98 valence electrons. The average Bonchev–Trinajstić information content (AvgIpc) is 2.75. The fraction of sp³-hybridized carbons (Fsp3) is 0.545. The second kappa shape index (κ2) is 5.07. The third kappa shape index (κ3) is 2.79. The number of nitrogens with one attached hydrogen (secondary N) is 2.